The summed E-state index contributed by atoms with van der Waals surface area (Å²) in [7, 11) is 0. The SMILES string of the molecule is NNc1cccc(-n2cccn2)c1. The Balaban J connectivity index is 2.41. The molecule has 1 aromatic carbocycles. The highest BCUT2D eigenvalue weighted by Crippen LogP contribution is 2.12. The maximum atomic E-state index is 5.29. The molecule has 66 valence electrons. The Morgan fingerprint density at radius 2 is 2.23 bits per heavy atom. The van der Waals surface area contributed by atoms with Gasteiger partial charge in [0.15, 0.2) is 0 Å². The summed E-state index contributed by atoms with van der Waals surface area (Å²) in [5.41, 5.74) is 4.44. The monoisotopic (exact) mass is 174 g/mol. The van der Waals surface area contributed by atoms with Crippen molar-refractivity contribution in [2.24, 2.45) is 5.84 Å². The van der Waals surface area contributed by atoms with E-state index in [1.807, 2.05) is 36.5 Å². The quantitative estimate of drug-likeness (QED) is 0.530. The number of nitrogens with zero attached hydrogens (tertiary/aromatic N) is 2. The minimum absolute atomic E-state index is 0.869. The highest BCUT2D eigenvalue weighted by Gasteiger charge is 1.95. The van der Waals surface area contributed by atoms with Crippen LogP contribution in [0.15, 0.2) is 42.7 Å². The van der Waals surface area contributed by atoms with E-state index in [1.165, 1.54) is 0 Å². The number of nitrogens with two attached hydrogens (primary N) is 1. The van der Waals surface area contributed by atoms with Crippen LogP contribution in [-0.2, 0) is 0 Å². The summed E-state index contributed by atoms with van der Waals surface area (Å²) in [5.74, 6) is 5.29. The van der Waals surface area contributed by atoms with Gasteiger partial charge >= 0.3 is 0 Å². The number of nitrogens with one attached hydrogen (secondary N) is 1. The highest BCUT2D eigenvalue weighted by molar-refractivity contribution is 5.49. The van der Waals surface area contributed by atoms with Crippen molar-refractivity contribution in [2.75, 3.05) is 5.43 Å². The molecular formula is C9H10N4. The first kappa shape index (κ1) is 7.82. The topological polar surface area (TPSA) is 55.9 Å². The van der Waals surface area contributed by atoms with Gasteiger partial charge in [0.1, 0.15) is 0 Å². The molecule has 0 atom stereocenters. The fourth-order valence-electron chi connectivity index (χ4n) is 1.16. The molecule has 13 heavy (non-hydrogen) atoms. The molecule has 0 saturated carbocycles. The van der Waals surface area contributed by atoms with Crippen molar-refractivity contribution in [3.05, 3.63) is 42.7 Å². The molecule has 4 nitrogen and oxygen atoms in total. The third-order valence-electron chi connectivity index (χ3n) is 1.78. The lowest BCUT2D eigenvalue weighted by atomic mass is 10.3. The summed E-state index contributed by atoms with van der Waals surface area (Å²) in [6, 6.07) is 9.59. The Bertz CT molecular complexity index is 380. The molecule has 0 fully saturated rings. The van der Waals surface area contributed by atoms with E-state index in [0.717, 1.165) is 11.4 Å². The van der Waals surface area contributed by atoms with Gasteiger partial charge in [-0.1, -0.05) is 6.07 Å². The second-order valence-electron chi connectivity index (χ2n) is 2.65. The number of benzene rings is 1. The molecule has 2 rings (SSSR count). The number of aromatic nitrogens is 2. The van der Waals surface area contributed by atoms with Crippen LogP contribution in [0.1, 0.15) is 0 Å². The van der Waals surface area contributed by atoms with Crippen LogP contribution < -0.4 is 11.3 Å². The molecular weight excluding hydrogens is 164 g/mol. The van der Waals surface area contributed by atoms with Crippen molar-refractivity contribution in [1.29, 1.82) is 0 Å². The first-order chi connectivity index (χ1) is 6.40. The maximum absolute atomic E-state index is 5.29. The van der Waals surface area contributed by atoms with E-state index in [2.05, 4.69) is 10.5 Å². The average Bonchev–Trinajstić information content (AvgIpc) is 2.71. The van der Waals surface area contributed by atoms with Gasteiger partial charge in [0.25, 0.3) is 0 Å². The molecule has 1 aromatic heterocycles. The molecule has 0 saturated heterocycles. The third-order valence-corrected chi connectivity index (χ3v) is 1.78. The van der Waals surface area contributed by atoms with Gasteiger partial charge in [-0.3, -0.25) is 5.84 Å². The zero-order chi connectivity index (χ0) is 9.10. The smallest absolute Gasteiger partial charge is 0.0666 e. The van der Waals surface area contributed by atoms with Crippen molar-refractivity contribution in [3.8, 4) is 5.69 Å². The Kier molecular flexibility index (Phi) is 1.97. The van der Waals surface area contributed by atoms with Gasteiger partial charge < -0.3 is 5.43 Å². The number of hydrazine groups is 1. The van der Waals surface area contributed by atoms with Crippen LogP contribution in [-0.4, -0.2) is 9.78 Å². The van der Waals surface area contributed by atoms with Gasteiger partial charge in [-0.15, -0.1) is 0 Å². The van der Waals surface area contributed by atoms with Crippen LogP contribution in [0, 0.1) is 0 Å². The van der Waals surface area contributed by atoms with E-state index < -0.39 is 0 Å². The molecule has 0 unspecified atom stereocenters. The van der Waals surface area contributed by atoms with Gasteiger partial charge in [-0.2, -0.15) is 5.10 Å². The standard InChI is InChI=1S/C9H10N4/c10-12-8-3-1-4-9(7-8)13-6-2-5-11-13/h1-7,12H,10H2. The summed E-state index contributed by atoms with van der Waals surface area (Å²) < 4.78 is 1.78. The fraction of sp³-hybridized carbons (Fsp3) is 0. The average molecular weight is 174 g/mol. The molecule has 0 radical (unpaired) electrons. The van der Waals surface area contributed by atoms with Gasteiger partial charge in [0.05, 0.1) is 11.4 Å². The number of rotatable bonds is 2. The summed E-state index contributed by atoms with van der Waals surface area (Å²) >= 11 is 0. The lowest BCUT2D eigenvalue weighted by molar-refractivity contribution is 0.880. The van der Waals surface area contributed by atoms with Crippen LogP contribution in [0.4, 0.5) is 5.69 Å². The largest absolute Gasteiger partial charge is 0.324 e. The van der Waals surface area contributed by atoms with Gasteiger partial charge in [-0.25, -0.2) is 4.68 Å². The van der Waals surface area contributed by atoms with Gasteiger partial charge in [0.2, 0.25) is 0 Å². The molecule has 0 amide bonds. The fourth-order valence-corrected chi connectivity index (χ4v) is 1.16. The zero-order valence-corrected chi connectivity index (χ0v) is 7.01. The second-order valence-corrected chi connectivity index (χ2v) is 2.65. The molecule has 0 aliphatic carbocycles. The van der Waals surface area contributed by atoms with Crippen LogP contribution >= 0.6 is 0 Å². The summed E-state index contributed by atoms with van der Waals surface area (Å²) in [4.78, 5) is 0. The molecule has 3 N–H and O–H groups in total. The molecule has 0 bridgehead atoms. The minimum Gasteiger partial charge on any atom is -0.324 e. The Labute approximate surface area is 76.0 Å². The van der Waals surface area contributed by atoms with E-state index in [1.54, 1.807) is 10.9 Å². The van der Waals surface area contributed by atoms with Crippen LogP contribution in [0.3, 0.4) is 0 Å². The number of hydrogen-bond acceptors (Lipinski definition) is 3. The molecule has 4 heteroatoms. The normalized spacial score (nSPS) is 9.92. The van der Waals surface area contributed by atoms with E-state index in [9.17, 15) is 0 Å². The Morgan fingerprint density at radius 3 is 2.92 bits per heavy atom. The summed E-state index contributed by atoms with van der Waals surface area (Å²) in [6.07, 6.45) is 3.62. The van der Waals surface area contributed by atoms with E-state index in [0.29, 0.717) is 0 Å². The van der Waals surface area contributed by atoms with Crippen molar-refractivity contribution in [1.82, 2.24) is 9.78 Å². The van der Waals surface area contributed by atoms with Gasteiger partial charge in [0, 0.05) is 12.4 Å². The second kappa shape index (κ2) is 3.28. The van der Waals surface area contributed by atoms with E-state index >= 15 is 0 Å². The Morgan fingerprint density at radius 1 is 1.31 bits per heavy atom. The van der Waals surface area contributed by atoms with Crippen molar-refractivity contribution in [2.45, 2.75) is 0 Å². The predicted molar refractivity (Wildman–Crippen MR) is 51.4 cm³/mol. The lowest BCUT2D eigenvalue weighted by Gasteiger charge is -2.03. The molecule has 1 heterocycles. The Hall–Kier alpha value is -1.81. The molecule has 0 aliphatic heterocycles. The molecule has 0 aliphatic rings. The van der Waals surface area contributed by atoms with Crippen LogP contribution in [0.2, 0.25) is 0 Å². The number of hydrogen-bond donors (Lipinski definition) is 2. The molecule has 2 aromatic rings. The number of anilines is 1. The van der Waals surface area contributed by atoms with E-state index in [4.69, 9.17) is 5.84 Å². The molecule has 0 spiro atoms. The van der Waals surface area contributed by atoms with E-state index in [-0.39, 0.29) is 0 Å². The minimum atomic E-state index is 0.869. The van der Waals surface area contributed by atoms with Crippen LogP contribution in [0.5, 0.6) is 0 Å². The summed E-state index contributed by atoms with van der Waals surface area (Å²) in [6.45, 7) is 0. The van der Waals surface area contributed by atoms with Crippen molar-refractivity contribution in [3.63, 3.8) is 0 Å². The third kappa shape index (κ3) is 1.52. The van der Waals surface area contributed by atoms with Crippen LogP contribution in [0.25, 0.3) is 5.69 Å². The van der Waals surface area contributed by atoms with Crippen molar-refractivity contribution < 1.29 is 0 Å². The lowest BCUT2D eigenvalue weighted by Crippen LogP contribution is -2.07. The predicted octanol–water partition coefficient (Wildman–Crippen LogP) is 1.16. The number of nitrogen functional groups attached to an aromatic ring is 1. The summed E-state index contributed by atoms with van der Waals surface area (Å²) in [5, 5.41) is 4.11. The highest BCUT2D eigenvalue weighted by atomic mass is 15.3. The first-order valence-electron chi connectivity index (χ1n) is 3.97. The maximum Gasteiger partial charge on any atom is 0.0666 e. The zero-order valence-electron chi connectivity index (χ0n) is 7.01. The van der Waals surface area contributed by atoms with Crippen molar-refractivity contribution >= 4 is 5.69 Å². The first-order valence-corrected chi connectivity index (χ1v) is 3.97. The van der Waals surface area contributed by atoms with Gasteiger partial charge in [-0.05, 0) is 24.3 Å².